The summed E-state index contributed by atoms with van der Waals surface area (Å²) >= 11 is 0. The molecule has 32 heavy (non-hydrogen) atoms. The van der Waals surface area contributed by atoms with E-state index in [0.717, 1.165) is 33.2 Å². The Bertz CT molecular complexity index is 1380. The quantitative estimate of drug-likeness (QED) is 0.306. The van der Waals surface area contributed by atoms with Gasteiger partial charge in [-0.3, -0.25) is 4.79 Å². The van der Waals surface area contributed by atoms with Crippen LogP contribution in [0.5, 0.6) is 5.75 Å². The topological polar surface area (TPSA) is 64.4 Å². The third kappa shape index (κ3) is 4.18. The van der Waals surface area contributed by atoms with Gasteiger partial charge in [-0.25, -0.2) is 4.98 Å². The summed E-state index contributed by atoms with van der Waals surface area (Å²) in [4.78, 5) is 17.3. The predicted octanol–water partition coefficient (Wildman–Crippen LogP) is 6.45. The van der Waals surface area contributed by atoms with Gasteiger partial charge in [0.2, 0.25) is 11.8 Å². The number of hydrogen-bond donors (Lipinski definition) is 1. The van der Waals surface area contributed by atoms with E-state index >= 15 is 0 Å². The number of aromatic nitrogens is 1. The zero-order chi connectivity index (χ0) is 21.8. The molecule has 1 amide bonds. The van der Waals surface area contributed by atoms with Crippen LogP contribution in [0.25, 0.3) is 33.3 Å². The minimum Gasteiger partial charge on any atom is -0.494 e. The lowest BCUT2D eigenvalue weighted by Gasteiger charge is -2.09. The molecule has 4 aromatic carbocycles. The summed E-state index contributed by atoms with van der Waals surface area (Å²) in [6, 6.07) is 29.2. The fourth-order valence-corrected chi connectivity index (χ4v) is 3.71. The highest BCUT2D eigenvalue weighted by Gasteiger charge is 2.15. The molecule has 5 heteroatoms. The molecule has 0 atom stereocenters. The Morgan fingerprint density at radius 2 is 1.66 bits per heavy atom. The summed E-state index contributed by atoms with van der Waals surface area (Å²) in [7, 11) is 0. The Morgan fingerprint density at radius 3 is 2.56 bits per heavy atom. The molecule has 0 bridgehead atoms. The van der Waals surface area contributed by atoms with Crippen LogP contribution in [0.4, 0.5) is 5.69 Å². The van der Waals surface area contributed by atoms with Crippen molar-refractivity contribution in [3.63, 3.8) is 0 Å². The number of ether oxygens (including phenoxy) is 1. The fraction of sp³-hybridized carbons (Fsp3) is 0.111. The number of benzene rings is 4. The summed E-state index contributed by atoms with van der Waals surface area (Å²) in [6.45, 7) is 0.483. The van der Waals surface area contributed by atoms with Crippen LogP contribution in [0.3, 0.4) is 0 Å². The number of hydrogen-bond acceptors (Lipinski definition) is 4. The SMILES string of the molecule is O=C(CCCOc1ccccc1)Nc1ccccc1-c1nc2c(ccc3ccccc32)o1. The van der Waals surface area contributed by atoms with E-state index in [1.54, 1.807) is 0 Å². The second-order valence-electron chi connectivity index (χ2n) is 7.51. The first-order valence-corrected chi connectivity index (χ1v) is 10.6. The van der Waals surface area contributed by atoms with Gasteiger partial charge in [0.25, 0.3) is 0 Å². The number of nitrogens with one attached hydrogen (secondary N) is 1. The number of amides is 1. The first-order chi connectivity index (χ1) is 15.8. The highest BCUT2D eigenvalue weighted by Crippen LogP contribution is 2.33. The zero-order valence-electron chi connectivity index (χ0n) is 17.5. The molecule has 0 saturated heterocycles. The van der Waals surface area contributed by atoms with Crippen LogP contribution in [0.15, 0.2) is 95.4 Å². The van der Waals surface area contributed by atoms with E-state index in [2.05, 4.69) is 11.4 Å². The molecule has 0 spiro atoms. The molecule has 5 aromatic rings. The van der Waals surface area contributed by atoms with Crippen LogP contribution in [0, 0.1) is 0 Å². The largest absolute Gasteiger partial charge is 0.494 e. The number of fused-ring (bicyclic) bond motifs is 3. The lowest BCUT2D eigenvalue weighted by atomic mass is 10.1. The predicted molar refractivity (Wildman–Crippen MR) is 127 cm³/mol. The Morgan fingerprint density at radius 1 is 0.875 bits per heavy atom. The van der Waals surface area contributed by atoms with E-state index in [9.17, 15) is 4.79 Å². The van der Waals surface area contributed by atoms with Crippen molar-refractivity contribution in [3.8, 4) is 17.2 Å². The van der Waals surface area contributed by atoms with Gasteiger partial charge in [0.15, 0.2) is 5.58 Å². The highest BCUT2D eigenvalue weighted by molar-refractivity contribution is 6.04. The molecule has 5 nitrogen and oxygen atoms in total. The van der Waals surface area contributed by atoms with Gasteiger partial charge in [-0.15, -0.1) is 0 Å². The molecule has 0 fully saturated rings. The maximum absolute atomic E-state index is 12.5. The molecular weight excluding hydrogens is 400 g/mol. The van der Waals surface area contributed by atoms with Crippen LogP contribution >= 0.6 is 0 Å². The summed E-state index contributed by atoms with van der Waals surface area (Å²) in [6.07, 6.45) is 0.983. The number of nitrogens with zero attached hydrogens (tertiary/aromatic N) is 1. The van der Waals surface area contributed by atoms with Crippen LogP contribution in [0.2, 0.25) is 0 Å². The van der Waals surface area contributed by atoms with E-state index in [-0.39, 0.29) is 5.91 Å². The molecule has 158 valence electrons. The Balaban J connectivity index is 1.31. The van der Waals surface area contributed by atoms with E-state index in [0.29, 0.717) is 31.0 Å². The molecule has 5 rings (SSSR count). The Kier molecular flexibility index (Phi) is 5.54. The third-order valence-corrected chi connectivity index (χ3v) is 5.28. The molecule has 0 unspecified atom stereocenters. The maximum atomic E-state index is 12.5. The van der Waals surface area contributed by atoms with Crippen molar-refractivity contribution in [2.24, 2.45) is 0 Å². The van der Waals surface area contributed by atoms with Crippen molar-refractivity contribution < 1.29 is 13.9 Å². The molecule has 0 saturated carbocycles. The van der Waals surface area contributed by atoms with Crippen molar-refractivity contribution in [3.05, 3.63) is 91.0 Å². The third-order valence-electron chi connectivity index (χ3n) is 5.28. The number of anilines is 1. The van der Waals surface area contributed by atoms with Gasteiger partial charge in [0, 0.05) is 11.8 Å². The average Bonchev–Trinajstić information content (AvgIpc) is 3.28. The van der Waals surface area contributed by atoms with Gasteiger partial charge < -0.3 is 14.5 Å². The van der Waals surface area contributed by atoms with Crippen LogP contribution < -0.4 is 10.1 Å². The zero-order valence-corrected chi connectivity index (χ0v) is 17.5. The second-order valence-corrected chi connectivity index (χ2v) is 7.51. The molecule has 0 aliphatic heterocycles. The highest BCUT2D eigenvalue weighted by atomic mass is 16.5. The number of carbonyl (C=O) groups is 1. The molecule has 1 N–H and O–H groups in total. The van der Waals surface area contributed by atoms with E-state index < -0.39 is 0 Å². The second kappa shape index (κ2) is 8.94. The molecule has 0 aliphatic carbocycles. The van der Waals surface area contributed by atoms with Gasteiger partial charge in [0.05, 0.1) is 17.9 Å². The minimum absolute atomic E-state index is 0.0735. The first-order valence-electron chi connectivity index (χ1n) is 10.6. The molecule has 0 radical (unpaired) electrons. The monoisotopic (exact) mass is 422 g/mol. The summed E-state index contributed by atoms with van der Waals surface area (Å²) in [5.74, 6) is 1.22. The number of para-hydroxylation sites is 2. The fourth-order valence-electron chi connectivity index (χ4n) is 3.71. The number of oxazole rings is 1. The smallest absolute Gasteiger partial charge is 0.229 e. The van der Waals surface area contributed by atoms with Gasteiger partial charge in [-0.2, -0.15) is 0 Å². The maximum Gasteiger partial charge on any atom is 0.229 e. The van der Waals surface area contributed by atoms with Gasteiger partial charge in [-0.1, -0.05) is 60.7 Å². The normalized spacial score (nSPS) is 11.0. The standard InChI is InChI=1S/C27H22N2O3/c30-25(15-8-18-31-20-10-2-1-3-11-20)28-23-14-7-6-13-22(23)27-29-26-21-12-5-4-9-19(21)16-17-24(26)32-27/h1-7,9-14,16-17H,8,15,18H2,(H,28,30). The van der Waals surface area contributed by atoms with E-state index in [1.807, 2.05) is 84.9 Å². The molecule has 1 heterocycles. The number of rotatable bonds is 7. The number of carbonyl (C=O) groups excluding carboxylic acids is 1. The van der Waals surface area contributed by atoms with Gasteiger partial charge >= 0.3 is 0 Å². The summed E-state index contributed by atoms with van der Waals surface area (Å²) in [5, 5.41) is 5.15. The first kappa shape index (κ1) is 19.8. The summed E-state index contributed by atoms with van der Waals surface area (Å²) in [5.41, 5.74) is 2.97. The molecule has 1 aromatic heterocycles. The van der Waals surface area contributed by atoms with Crippen molar-refractivity contribution in [2.75, 3.05) is 11.9 Å². The van der Waals surface area contributed by atoms with Crippen LogP contribution in [0.1, 0.15) is 12.8 Å². The lowest BCUT2D eigenvalue weighted by Crippen LogP contribution is -2.13. The lowest BCUT2D eigenvalue weighted by molar-refractivity contribution is -0.116. The van der Waals surface area contributed by atoms with Crippen LogP contribution in [-0.4, -0.2) is 17.5 Å². The van der Waals surface area contributed by atoms with Crippen LogP contribution in [-0.2, 0) is 4.79 Å². The van der Waals surface area contributed by atoms with Gasteiger partial charge in [0.1, 0.15) is 11.3 Å². The van der Waals surface area contributed by atoms with Crippen molar-refractivity contribution in [1.82, 2.24) is 4.98 Å². The van der Waals surface area contributed by atoms with E-state index in [4.69, 9.17) is 14.1 Å². The van der Waals surface area contributed by atoms with Crippen molar-refractivity contribution >= 4 is 33.5 Å². The van der Waals surface area contributed by atoms with Crippen molar-refractivity contribution in [1.29, 1.82) is 0 Å². The average molecular weight is 422 g/mol. The Hall–Kier alpha value is -4.12. The van der Waals surface area contributed by atoms with Crippen molar-refractivity contribution in [2.45, 2.75) is 12.8 Å². The Labute approximate surface area is 185 Å². The minimum atomic E-state index is -0.0735. The summed E-state index contributed by atoms with van der Waals surface area (Å²) < 4.78 is 11.7. The molecule has 0 aliphatic rings. The van der Waals surface area contributed by atoms with E-state index in [1.165, 1.54) is 0 Å². The molecular formula is C27H22N2O3. The van der Waals surface area contributed by atoms with Gasteiger partial charge in [-0.05, 0) is 42.1 Å².